The van der Waals surface area contributed by atoms with Crippen LogP contribution >= 0.6 is 0 Å². The number of carbonyl (C=O) groups is 1. The second-order valence-corrected chi connectivity index (χ2v) is 6.71. The predicted molar refractivity (Wildman–Crippen MR) is 100 cm³/mol. The summed E-state index contributed by atoms with van der Waals surface area (Å²) in [4.78, 5) is 16.2. The fraction of sp³-hybridized carbons (Fsp3) is 0.238. The summed E-state index contributed by atoms with van der Waals surface area (Å²) in [6, 6.07) is 20.4. The molecule has 0 unspecified atom stereocenters. The number of para-hydroxylation sites is 1. The Morgan fingerprint density at radius 3 is 2.31 bits per heavy atom. The first-order valence-corrected chi connectivity index (χ1v) is 9.06. The van der Waals surface area contributed by atoms with Gasteiger partial charge in [0.25, 0.3) is 5.91 Å². The monoisotopic (exact) mass is 347 g/mol. The van der Waals surface area contributed by atoms with Gasteiger partial charge < -0.3 is 9.80 Å². The number of nitrogens with one attached hydrogen (secondary N) is 1. The van der Waals surface area contributed by atoms with Gasteiger partial charge in [0.15, 0.2) is 0 Å². The van der Waals surface area contributed by atoms with Gasteiger partial charge in [0.1, 0.15) is 6.54 Å². The van der Waals surface area contributed by atoms with E-state index in [0.717, 1.165) is 38.4 Å². The maximum Gasteiger partial charge on any atom is 0.257 e. The molecule has 26 heavy (non-hydrogen) atoms. The average Bonchev–Trinajstić information content (AvgIpc) is 3.20. The van der Waals surface area contributed by atoms with Crippen molar-refractivity contribution < 1.29 is 9.69 Å². The number of hydrogen-bond acceptors (Lipinski definition) is 2. The standard InChI is InChI=1S/C21H22N4O/c26-21(19-15-22-25(17-19)20-9-5-2-6-10-20)24-13-11-23(12-14-24)16-18-7-3-1-4-8-18/h1-10,15,17H,11-14,16H2/p+1. The van der Waals surface area contributed by atoms with Crippen LogP contribution in [0.15, 0.2) is 73.1 Å². The molecule has 0 atom stereocenters. The molecule has 0 radical (unpaired) electrons. The lowest BCUT2D eigenvalue weighted by atomic mass is 10.2. The molecule has 2 heterocycles. The molecule has 1 aliphatic heterocycles. The molecular weight excluding hydrogens is 324 g/mol. The molecule has 1 saturated heterocycles. The van der Waals surface area contributed by atoms with E-state index in [4.69, 9.17) is 0 Å². The second kappa shape index (κ2) is 7.54. The highest BCUT2D eigenvalue weighted by Crippen LogP contribution is 2.10. The summed E-state index contributed by atoms with van der Waals surface area (Å²) < 4.78 is 1.75. The molecule has 0 bridgehead atoms. The quantitative estimate of drug-likeness (QED) is 0.776. The lowest BCUT2D eigenvalue weighted by Gasteiger charge is -2.32. The minimum atomic E-state index is 0.0749. The third kappa shape index (κ3) is 3.68. The molecule has 5 heteroatoms. The SMILES string of the molecule is O=C(c1cnn(-c2ccccc2)c1)N1CC[NH+](Cc2ccccc2)CC1. The Bertz CT molecular complexity index is 852. The van der Waals surface area contributed by atoms with E-state index in [-0.39, 0.29) is 5.91 Å². The van der Waals surface area contributed by atoms with Crippen molar-refractivity contribution in [2.45, 2.75) is 6.54 Å². The van der Waals surface area contributed by atoms with Crippen molar-refractivity contribution >= 4 is 5.91 Å². The van der Waals surface area contributed by atoms with Crippen LogP contribution in [0.5, 0.6) is 0 Å². The molecule has 1 N–H and O–H groups in total. The van der Waals surface area contributed by atoms with E-state index in [1.807, 2.05) is 47.5 Å². The van der Waals surface area contributed by atoms with Gasteiger partial charge >= 0.3 is 0 Å². The Labute approximate surface area is 153 Å². The molecule has 5 nitrogen and oxygen atoms in total. The van der Waals surface area contributed by atoms with Gasteiger partial charge in [-0.15, -0.1) is 0 Å². The van der Waals surface area contributed by atoms with Crippen LogP contribution in [0.1, 0.15) is 15.9 Å². The lowest BCUT2D eigenvalue weighted by molar-refractivity contribution is -0.917. The van der Waals surface area contributed by atoms with Gasteiger partial charge in [-0.3, -0.25) is 4.79 Å². The molecule has 1 amide bonds. The highest BCUT2D eigenvalue weighted by Gasteiger charge is 2.25. The zero-order valence-electron chi connectivity index (χ0n) is 14.7. The Morgan fingerprint density at radius 2 is 1.62 bits per heavy atom. The minimum absolute atomic E-state index is 0.0749. The number of benzene rings is 2. The summed E-state index contributed by atoms with van der Waals surface area (Å²) in [6.45, 7) is 4.56. The van der Waals surface area contributed by atoms with Gasteiger partial charge in [-0.1, -0.05) is 48.5 Å². The van der Waals surface area contributed by atoms with Crippen LogP contribution in [-0.2, 0) is 6.54 Å². The highest BCUT2D eigenvalue weighted by molar-refractivity contribution is 5.93. The number of nitrogens with zero attached hydrogens (tertiary/aromatic N) is 3. The summed E-state index contributed by atoms with van der Waals surface area (Å²) in [5.74, 6) is 0.0749. The fourth-order valence-electron chi connectivity index (χ4n) is 3.43. The zero-order chi connectivity index (χ0) is 17.8. The normalized spacial score (nSPS) is 15.2. The van der Waals surface area contributed by atoms with E-state index in [2.05, 4.69) is 29.4 Å². The molecule has 1 aromatic heterocycles. The van der Waals surface area contributed by atoms with E-state index in [1.165, 1.54) is 10.5 Å². The largest absolute Gasteiger partial charge is 0.328 e. The third-order valence-corrected chi connectivity index (χ3v) is 4.90. The van der Waals surface area contributed by atoms with Crippen molar-refractivity contribution in [3.05, 3.63) is 84.2 Å². The molecule has 1 fully saturated rings. The first kappa shape index (κ1) is 16.5. The summed E-state index contributed by atoms with van der Waals surface area (Å²) in [7, 11) is 0. The number of hydrogen-bond donors (Lipinski definition) is 1. The Kier molecular flexibility index (Phi) is 4.80. The van der Waals surface area contributed by atoms with Crippen molar-refractivity contribution in [2.24, 2.45) is 0 Å². The molecule has 1 aliphatic rings. The van der Waals surface area contributed by atoms with Gasteiger partial charge in [0, 0.05) is 11.8 Å². The van der Waals surface area contributed by atoms with Crippen LogP contribution in [0, 0.1) is 0 Å². The molecule has 2 aromatic carbocycles. The van der Waals surface area contributed by atoms with Crippen molar-refractivity contribution in [1.82, 2.24) is 14.7 Å². The smallest absolute Gasteiger partial charge is 0.257 e. The van der Waals surface area contributed by atoms with Crippen molar-refractivity contribution in [3.8, 4) is 5.69 Å². The number of aromatic nitrogens is 2. The van der Waals surface area contributed by atoms with Crippen molar-refractivity contribution in [2.75, 3.05) is 26.2 Å². The summed E-state index contributed by atoms with van der Waals surface area (Å²) in [6.07, 6.45) is 3.49. The van der Waals surface area contributed by atoms with Gasteiger partial charge in [-0.05, 0) is 12.1 Å². The van der Waals surface area contributed by atoms with E-state index in [1.54, 1.807) is 10.9 Å². The number of amides is 1. The number of rotatable bonds is 4. The van der Waals surface area contributed by atoms with Gasteiger partial charge in [0.05, 0.1) is 43.6 Å². The number of carbonyl (C=O) groups excluding carboxylic acids is 1. The molecular formula is C21H23N4O+. The van der Waals surface area contributed by atoms with E-state index in [0.29, 0.717) is 5.56 Å². The first-order chi connectivity index (χ1) is 12.8. The maximum absolute atomic E-state index is 12.8. The van der Waals surface area contributed by atoms with E-state index < -0.39 is 0 Å². The van der Waals surface area contributed by atoms with Crippen LogP contribution in [0.25, 0.3) is 5.69 Å². The average molecular weight is 347 g/mol. The lowest BCUT2D eigenvalue weighted by Crippen LogP contribution is -3.13. The van der Waals surface area contributed by atoms with Crippen molar-refractivity contribution in [3.63, 3.8) is 0 Å². The Morgan fingerprint density at radius 1 is 0.962 bits per heavy atom. The molecule has 0 aliphatic carbocycles. The highest BCUT2D eigenvalue weighted by atomic mass is 16.2. The predicted octanol–water partition coefficient (Wildman–Crippen LogP) is 1.41. The first-order valence-electron chi connectivity index (χ1n) is 9.06. The van der Waals surface area contributed by atoms with Crippen LogP contribution in [0.2, 0.25) is 0 Å². The second-order valence-electron chi connectivity index (χ2n) is 6.71. The summed E-state index contributed by atoms with van der Waals surface area (Å²) in [5, 5.41) is 4.34. The number of quaternary nitrogens is 1. The summed E-state index contributed by atoms with van der Waals surface area (Å²) in [5.41, 5.74) is 2.97. The Balaban J connectivity index is 1.36. The van der Waals surface area contributed by atoms with Gasteiger partial charge in [0.2, 0.25) is 0 Å². The fourth-order valence-corrected chi connectivity index (χ4v) is 3.43. The van der Waals surface area contributed by atoms with Crippen LogP contribution < -0.4 is 4.90 Å². The Hall–Kier alpha value is -2.92. The zero-order valence-corrected chi connectivity index (χ0v) is 14.7. The molecule has 4 rings (SSSR count). The topological polar surface area (TPSA) is 42.6 Å². The molecule has 132 valence electrons. The van der Waals surface area contributed by atoms with Crippen molar-refractivity contribution in [1.29, 1.82) is 0 Å². The minimum Gasteiger partial charge on any atom is -0.328 e. The van der Waals surface area contributed by atoms with E-state index >= 15 is 0 Å². The molecule has 0 saturated carbocycles. The van der Waals surface area contributed by atoms with Crippen LogP contribution in [0.4, 0.5) is 0 Å². The molecule has 3 aromatic rings. The third-order valence-electron chi connectivity index (χ3n) is 4.90. The van der Waals surface area contributed by atoms with Gasteiger partial charge in [-0.2, -0.15) is 5.10 Å². The maximum atomic E-state index is 12.8. The number of piperazine rings is 1. The van der Waals surface area contributed by atoms with Crippen LogP contribution in [0.3, 0.4) is 0 Å². The van der Waals surface area contributed by atoms with Crippen LogP contribution in [-0.4, -0.2) is 46.8 Å². The van der Waals surface area contributed by atoms with Gasteiger partial charge in [-0.25, -0.2) is 4.68 Å². The molecule has 0 spiro atoms. The van der Waals surface area contributed by atoms with E-state index in [9.17, 15) is 4.79 Å². The summed E-state index contributed by atoms with van der Waals surface area (Å²) >= 11 is 0.